The van der Waals surface area contributed by atoms with Gasteiger partial charge in [-0.15, -0.1) is 0 Å². The number of hydrogen-bond donors (Lipinski definition) is 0. The fraction of sp³-hybridized carbons (Fsp3) is 0.281. The van der Waals surface area contributed by atoms with Gasteiger partial charge in [-0.1, -0.05) is 66.5 Å². The van der Waals surface area contributed by atoms with Gasteiger partial charge >= 0.3 is 5.97 Å². The molecule has 4 aromatic rings. The Morgan fingerprint density at radius 3 is 2.38 bits per heavy atom. The Labute approximate surface area is 243 Å². The number of hydrogen-bond acceptors (Lipinski definition) is 6. The Bertz CT molecular complexity index is 1560. The maximum absolute atomic E-state index is 12.2. The van der Waals surface area contributed by atoms with Crippen molar-refractivity contribution < 1.29 is 19.1 Å². The Morgan fingerprint density at radius 1 is 1.00 bits per heavy atom. The van der Waals surface area contributed by atoms with E-state index in [2.05, 4.69) is 30.1 Å². The number of benzene rings is 3. The molecule has 0 radical (unpaired) electrons. The van der Waals surface area contributed by atoms with Crippen LogP contribution in [0.3, 0.4) is 0 Å². The lowest BCUT2D eigenvalue weighted by Crippen LogP contribution is -2.33. The number of esters is 1. The normalized spacial score (nSPS) is 16.6. The van der Waals surface area contributed by atoms with Crippen LogP contribution in [0.15, 0.2) is 71.9 Å². The fourth-order valence-corrected chi connectivity index (χ4v) is 5.54. The number of nitrogens with zero attached hydrogens (tertiary/aromatic N) is 2. The largest absolute Gasteiger partial charge is 0.493 e. The molecular weight excluding hydrogens is 547 g/mol. The number of carbonyl (C=O) groups excluding carboxylic acids is 1. The minimum absolute atomic E-state index is 0.132. The minimum atomic E-state index is -0.404. The number of halogens is 2. The topological polar surface area (TPSA) is 70.0 Å². The molecule has 0 N–H and O–H groups in total. The lowest BCUT2D eigenvalue weighted by atomic mass is 9.87. The van der Waals surface area contributed by atoms with Crippen molar-refractivity contribution in [2.24, 2.45) is 17.0 Å². The summed E-state index contributed by atoms with van der Waals surface area (Å²) < 4.78 is 11.4. The van der Waals surface area contributed by atoms with Crippen LogP contribution in [-0.2, 0) is 9.57 Å². The van der Waals surface area contributed by atoms with E-state index < -0.39 is 5.97 Å². The van der Waals surface area contributed by atoms with Crippen molar-refractivity contribution in [1.82, 2.24) is 4.98 Å². The zero-order valence-corrected chi connectivity index (χ0v) is 24.3. The van der Waals surface area contributed by atoms with Crippen LogP contribution in [0, 0.1) is 18.8 Å². The number of carbonyl (C=O) groups is 1. The van der Waals surface area contributed by atoms with Gasteiger partial charge in [-0.3, -0.25) is 0 Å². The lowest BCUT2D eigenvalue weighted by molar-refractivity contribution is 0.0178. The Hall–Kier alpha value is -3.61. The van der Waals surface area contributed by atoms with Crippen molar-refractivity contribution in [1.29, 1.82) is 0 Å². The van der Waals surface area contributed by atoms with Crippen LogP contribution in [0.1, 0.15) is 42.4 Å². The van der Waals surface area contributed by atoms with Crippen LogP contribution >= 0.6 is 23.2 Å². The number of aryl methyl sites for hydroxylation is 1. The molecule has 0 aliphatic carbocycles. The van der Waals surface area contributed by atoms with Crippen molar-refractivity contribution in [2.75, 3.05) is 13.2 Å². The first-order valence-electron chi connectivity index (χ1n) is 13.3. The molecule has 2 heterocycles. The second-order valence-corrected chi connectivity index (χ2v) is 10.9. The summed E-state index contributed by atoms with van der Waals surface area (Å²) in [6, 6.07) is 21.3. The smallest absolute Gasteiger partial charge is 0.357 e. The van der Waals surface area contributed by atoms with Crippen molar-refractivity contribution >= 4 is 45.8 Å². The van der Waals surface area contributed by atoms with Crippen LogP contribution in [0.25, 0.3) is 22.0 Å². The highest BCUT2D eigenvalue weighted by molar-refractivity contribution is 6.40. The molecule has 0 bridgehead atoms. The minimum Gasteiger partial charge on any atom is -0.493 e. The third-order valence-electron chi connectivity index (χ3n) is 6.99. The Balaban J connectivity index is 1.33. The van der Waals surface area contributed by atoms with Crippen LogP contribution < -0.4 is 4.74 Å². The zero-order chi connectivity index (χ0) is 28.4. The van der Waals surface area contributed by atoms with E-state index in [1.807, 2.05) is 55.5 Å². The summed E-state index contributed by atoms with van der Waals surface area (Å²) in [6.45, 7) is 8.52. The number of fused-ring (bicyclic) bond motifs is 1. The lowest BCUT2D eigenvalue weighted by Gasteiger charge is -2.23. The highest BCUT2D eigenvalue weighted by Crippen LogP contribution is 2.35. The maximum Gasteiger partial charge on any atom is 0.357 e. The summed E-state index contributed by atoms with van der Waals surface area (Å²) in [7, 11) is 0. The predicted molar refractivity (Wildman–Crippen MR) is 160 cm³/mol. The van der Waals surface area contributed by atoms with E-state index in [4.69, 9.17) is 37.5 Å². The van der Waals surface area contributed by atoms with Gasteiger partial charge in [0.25, 0.3) is 0 Å². The highest BCUT2D eigenvalue weighted by Gasteiger charge is 2.39. The summed E-state index contributed by atoms with van der Waals surface area (Å²) in [6.07, 6.45) is -0.152. The molecule has 0 amide bonds. The molecule has 0 fully saturated rings. The second-order valence-electron chi connectivity index (χ2n) is 10.1. The molecule has 3 aromatic carbocycles. The third-order valence-corrected chi connectivity index (χ3v) is 7.62. The number of ether oxygens (including phenoxy) is 2. The second kappa shape index (κ2) is 11.9. The molecule has 8 heteroatoms. The summed E-state index contributed by atoms with van der Waals surface area (Å²) in [5.74, 6) is 0.421. The molecule has 40 heavy (non-hydrogen) atoms. The van der Waals surface area contributed by atoms with E-state index in [0.29, 0.717) is 40.2 Å². The van der Waals surface area contributed by atoms with Crippen molar-refractivity contribution in [3.63, 3.8) is 0 Å². The van der Waals surface area contributed by atoms with Gasteiger partial charge in [0.05, 0.1) is 28.1 Å². The van der Waals surface area contributed by atoms with Crippen molar-refractivity contribution in [3.8, 4) is 16.9 Å². The Morgan fingerprint density at radius 2 is 1.70 bits per heavy atom. The van der Waals surface area contributed by atoms with Gasteiger partial charge in [0.1, 0.15) is 24.2 Å². The molecule has 1 aliphatic rings. The third kappa shape index (κ3) is 5.65. The first kappa shape index (κ1) is 27.9. The van der Waals surface area contributed by atoms with E-state index in [9.17, 15) is 4.79 Å². The van der Waals surface area contributed by atoms with Gasteiger partial charge < -0.3 is 14.3 Å². The average Bonchev–Trinajstić information content (AvgIpc) is 3.35. The highest BCUT2D eigenvalue weighted by atomic mass is 35.5. The standard InChI is InChI=1S/C32H30Cl2N2O4/c1-5-38-32(37)29-19(4)15-22-16-21(11-14-27(22)35-29)20-9-12-23(13-10-20)39-17-24-30(36-40-31(24)18(2)3)28-25(33)7-6-8-26(28)34/h6-16,18,24,31H,5,17H2,1-4H3. The summed E-state index contributed by atoms with van der Waals surface area (Å²) >= 11 is 13.0. The predicted octanol–water partition coefficient (Wildman–Crippen LogP) is 8.15. The monoisotopic (exact) mass is 576 g/mol. The van der Waals surface area contributed by atoms with E-state index in [1.165, 1.54) is 0 Å². The molecule has 6 nitrogen and oxygen atoms in total. The fourth-order valence-electron chi connectivity index (χ4n) is 4.95. The first-order chi connectivity index (χ1) is 19.3. The van der Waals surface area contributed by atoms with Gasteiger partial charge in [-0.2, -0.15) is 0 Å². The van der Waals surface area contributed by atoms with Crippen LogP contribution in [0.2, 0.25) is 10.0 Å². The summed E-state index contributed by atoms with van der Waals surface area (Å²) in [4.78, 5) is 22.6. The van der Waals surface area contributed by atoms with E-state index in [1.54, 1.807) is 19.1 Å². The molecular formula is C32H30Cl2N2O4. The van der Waals surface area contributed by atoms with E-state index >= 15 is 0 Å². The van der Waals surface area contributed by atoms with Crippen LogP contribution in [-0.4, -0.2) is 36.0 Å². The maximum atomic E-state index is 12.2. The number of aromatic nitrogens is 1. The average molecular weight is 578 g/mol. The number of pyridine rings is 1. The quantitative estimate of drug-likeness (QED) is 0.198. The van der Waals surface area contributed by atoms with Crippen molar-refractivity contribution in [2.45, 2.75) is 33.8 Å². The van der Waals surface area contributed by atoms with E-state index in [0.717, 1.165) is 33.3 Å². The van der Waals surface area contributed by atoms with Gasteiger partial charge in [0.2, 0.25) is 0 Å². The molecule has 1 aromatic heterocycles. The summed E-state index contributed by atoms with van der Waals surface area (Å²) in [5, 5.41) is 6.39. The van der Waals surface area contributed by atoms with Crippen molar-refractivity contribution in [3.05, 3.63) is 93.6 Å². The molecule has 0 saturated carbocycles. The van der Waals surface area contributed by atoms with Crippen LogP contribution in [0.5, 0.6) is 5.75 Å². The van der Waals surface area contributed by atoms with Gasteiger partial charge in [0.15, 0.2) is 5.69 Å². The zero-order valence-electron chi connectivity index (χ0n) is 22.8. The summed E-state index contributed by atoms with van der Waals surface area (Å²) in [5.41, 5.74) is 5.34. The molecule has 1 aliphatic heterocycles. The Kier molecular flexibility index (Phi) is 8.29. The molecule has 0 saturated heterocycles. The van der Waals surface area contributed by atoms with Gasteiger partial charge in [-0.25, -0.2) is 9.78 Å². The van der Waals surface area contributed by atoms with Crippen LogP contribution in [0.4, 0.5) is 0 Å². The molecule has 0 spiro atoms. The molecule has 2 atom stereocenters. The molecule has 2 unspecified atom stereocenters. The number of oxime groups is 1. The van der Waals surface area contributed by atoms with E-state index in [-0.39, 0.29) is 17.9 Å². The first-order valence-corrected chi connectivity index (χ1v) is 14.0. The van der Waals surface area contributed by atoms with Gasteiger partial charge in [0, 0.05) is 10.9 Å². The SMILES string of the molecule is CCOC(=O)c1nc2ccc(-c3ccc(OCC4C(c5c(Cl)cccc5Cl)=NOC4C(C)C)cc3)cc2cc1C. The molecule has 206 valence electrons. The number of rotatable bonds is 8. The molecule has 5 rings (SSSR count). The van der Waals surface area contributed by atoms with Gasteiger partial charge in [-0.05, 0) is 78.9 Å².